The van der Waals surface area contributed by atoms with E-state index in [-0.39, 0.29) is 36.0 Å². The average Bonchev–Trinajstić information content (AvgIpc) is 2.89. The topological polar surface area (TPSA) is 43.9 Å². The van der Waals surface area contributed by atoms with Crippen LogP contribution in [0.5, 0.6) is 0 Å². The van der Waals surface area contributed by atoms with Crippen LogP contribution in [-0.2, 0) is 17.1 Å². The second kappa shape index (κ2) is 11.9. The van der Waals surface area contributed by atoms with Gasteiger partial charge in [0, 0.05) is 32.6 Å². The Hall–Kier alpha value is -3.31. The number of urea groups is 1. The van der Waals surface area contributed by atoms with E-state index in [1.54, 1.807) is 38.8 Å². The summed E-state index contributed by atoms with van der Waals surface area (Å²) in [6.07, 6.45) is -9.33. The summed E-state index contributed by atoms with van der Waals surface area (Å²) in [6.45, 7) is 6.74. The van der Waals surface area contributed by atoms with Crippen molar-refractivity contribution in [3.8, 4) is 0 Å². The molecular formula is C29H34F7N3O2. The number of benzene rings is 2. The van der Waals surface area contributed by atoms with Crippen molar-refractivity contribution in [2.75, 3.05) is 20.6 Å². The molecule has 41 heavy (non-hydrogen) atoms. The van der Waals surface area contributed by atoms with E-state index < -0.39 is 47.4 Å². The third-order valence-corrected chi connectivity index (χ3v) is 7.78. The Balaban J connectivity index is 1.98. The van der Waals surface area contributed by atoms with Gasteiger partial charge < -0.3 is 14.7 Å². The summed E-state index contributed by atoms with van der Waals surface area (Å²) in [7, 11) is 2.99. The average molecular weight is 590 g/mol. The quantitative estimate of drug-likeness (QED) is 0.337. The molecule has 1 fully saturated rings. The van der Waals surface area contributed by atoms with Crippen molar-refractivity contribution in [2.45, 2.75) is 71.0 Å². The van der Waals surface area contributed by atoms with Crippen LogP contribution in [0.4, 0.5) is 35.5 Å². The van der Waals surface area contributed by atoms with Gasteiger partial charge in [-0.15, -0.1) is 0 Å². The Morgan fingerprint density at radius 1 is 0.927 bits per heavy atom. The predicted molar refractivity (Wildman–Crippen MR) is 139 cm³/mol. The molecule has 1 saturated heterocycles. The molecule has 3 rings (SSSR count). The van der Waals surface area contributed by atoms with E-state index in [2.05, 4.69) is 0 Å². The zero-order chi connectivity index (χ0) is 31.0. The van der Waals surface area contributed by atoms with Gasteiger partial charge in [0.05, 0.1) is 23.2 Å². The van der Waals surface area contributed by atoms with Crippen molar-refractivity contribution >= 4 is 11.9 Å². The van der Waals surface area contributed by atoms with Crippen LogP contribution in [0, 0.1) is 18.7 Å². The van der Waals surface area contributed by atoms with E-state index in [1.807, 2.05) is 0 Å². The van der Waals surface area contributed by atoms with Crippen molar-refractivity contribution in [3.63, 3.8) is 0 Å². The Kier molecular flexibility index (Phi) is 9.34. The van der Waals surface area contributed by atoms with Gasteiger partial charge in [0.25, 0.3) is 0 Å². The Bertz CT molecular complexity index is 1240. The summed E-state index contributed by atoms with van der Waals surface area (Å²) in [5, 5.41) is 0. The van der Waals surface area contributed by atoms with Gasteiger partial charge in [0.2, 0.25) is 5.91 Å². The highest BCUT2D eigenvalue weighted by atomic mass is 19.4. The summed E-state index contributed by atoms with van der Waals surface area (Å²) >= 11 is 0. The van der Waals surface area contributed by atoms with Crippen molar-refractivity contribution in [3.05, 3.63) is 70.0 Å². The highest BCUT2D eigenvalue weighted by Gasteiger charge is 2.40. The highest BCUT2D eigenvalue weighted by Crippen LogP contribution is 2.40. The molecule has 0 aliphatic carbocycles. The Morgan fingerprint density at radius 2 is 1.49 bits per heavy atom. The van der Waals surface area contributed by atoms with Crippen LogP contribution >= 0.6 is 0 Å². The lowest BCUT2D eigenvalue weighted by atomic mass is 9.88. The number of hydrogen-bond acceptors (Lipinski definition) is 2. The minimum Gasteiger partial charge on any atom is -0.342 e. The predicted octanol–water partition coefficient (Wildman–Crippen LogP) is 7.60. The van der Waals surface area contributed by atoms with Gasteiger partial charge in [0.15, 0.2) is 0 Å². The second-order valence-corrected chi connectivity index (χ2v) is 10.9. The number of alkyl halides is 6. The van der Waals surface area contributed by atoms with Crippen LogP contribution in [0.3, 0.4) is 0 Å². The maximum absolute atomic E-state index is 13.9. The lowest BCUT2D eigenvalue weighted by Crippen LogP contribution is -2.52. The van der Waals surface area contributed by atoms with E-state index in [0.29, 0.717) is 36.1 Å². The third-order valence-electron chi connectivity index (χ3n) is 7.78. The summed E-state index contributed by atoms with van der Waals surface area (Å²) in [5.41, 5.74) is -2.05. The number of carbonyl (C=O) groups is 2. The Morgan fingerprint density at radius 3 is 1.98 bits per heavy atom. The maximum atomic E-state index is 13.9. The molecule has 1 heterocycles. The molecule has 5 nitrogen and oxygen atoms in total. The first-order valence-corrected chi connectivity index (χ1v) is 13.2. The van der Waals surface area contributed by atoms with Crippen molar-refractivity contribution in [1.82, 2.24) is 14.7 Å². The summed E-state index contributed by atoms with van der Waals surface area (Å²) < 4.78 is 94.6. The molecule has 1 aliphatic heterocycles. The van der Waals surface area contributed by atoms with Gasteiger partial charge in [-0.05, 0) is 73.7 Å². The molecule has 0 N–H and O–H groups in total. The lowest BCUT2D eigenvalue weighted by molar-refractivity contribution is -0.143. The molecule has 2 aromatic rings. The molecule has 0 bridgehead atoms. The van der Waals surface area contributed by atoms with E-state index in [0.717, 1.165) is 4.90 Å². The largest absolute Gasteiger partial charge is 0.416 e. The van der Waals surface area contributed by atoms with Crippen LogP contribution in [0.15, 0.2) is 36.4 Å². The van der Waals surface area contributed by atoms with E-state index in [1.165, 1.54) is 31.0 Å². The van der Waals surface area contributed by atoms with E-state index >= 15 is 0 Å². The smallest absolute Gasteiger partial charge is 0.342 e. The third kappa shape index (κ3) is 7.13. The zero-order valence-corrected chi connectivity index (χ0v) is 23.7. The fourth-order valence-electron chi connectivity index (χ4n) is 5.23. The first-order valence-electron chi connectivity index (χ1n) is 13.2. The molecule has 3 amide bonds. The van der Waals surface area contributed by atoms with Gasteiger partial charge in [-0.1, -0.05) is 19.9 Å². The molecule has 0 aromatic heterocycles. The number of hydrogen-bond donors (Lipinski definition) is 0. The summed E-state index contributed by atoms with van der Waals surface area (Å²) in [5.74, 6) is -0.814. The number of amides is 3. The number of halogens is 7. The van der Waals surface area contributed by atoms with Crippen molar-refractivity contribution in [1.29, 1.82) is 0 Å². The summed E-state index contributed by atoms with van der Waals surface area (Å²) in [4.78, 5) is 30.7. The standard InChI is InChI=1S/C29H34F7N3O2/c1-16(2)26(40)38(6)23-9-10-39(25(15-23)24-8-7-22(30)11-17(24)3)27(41)37(5)18(4)19-12-20(28(31,32)33)14-21(13-19)29(34,35)36/h7-8,11-14,16,18,23,25H,9-10,15H2,1-6H3/t18-,23+,25-/m1/s1. The van der Waals surface area contributed by atoms with Crippen LogP contribution in [0.1, 0.15) is 73.5 Å². The zero-order valence-electron chi connectivity index (χ0n) is 23.7. The molecule has 1 aliphatic rings. The van der Waals surface area contributed by atoms with E-state index in [4.69, 9.17) is 0 Å². The minimum absolute atomic E-state index is 0.0467. The monoisotopic (exact) mass is 589 g/mol. The van der Waals surface area contributed by atoms with Crippen molar-refractivity contribution < 1.29 is 40.3 Å². The molecular weight excluding hydrogens is 555 g/mol. The van der Waals surface area contributed by atoms with Crippen LogP contribution < -0.4 is 0 Å². The van der Waals surface area contributed by atoms with Crippen LogP contribution in [0.25, 0.3) is 0 Å². The van der Waals surface area contributed by atoms with Gasteiger partial charge >= 0.3 is 18.4 Å². The normalized spacial score (nSPS) is 18.8. The summed E-state index contributed by atoms with van der Waals surface area (Å²) in [6, 6.07) is 2.77. The van der Waals surface area contributed by atoms with E-state index in [9.17, 15) is 40.3 Å². The van der Waals surface area contributed by atoms with Gasteiger partial charge in [-0.25, -0.2) is 9.18 Å². The molecule has 0 spiro atoms. The number of carbonyl (C=O) groups excluding carboxylic acids is 2. The SMILES string of the molecule is Cc1cc(F)ccc1[C@H]1C[C@@H](N(C)C(=O)C(C)C)CCN1C(=O)N(C)[C@H](C)c1cc(C(F)(F)F)cc(C(F)(F)F)c1. The van der Waals surface area contributed by atoms with Crippen LogP contribution in [-0.4, -0.2) is 53.3 Å². The molecule has 0 radical (unpaired) electrons. The number of rotatable bonds is 5. The first-order chi connectivity index (χ1) is 18.8. The van der Waals surface area contributed by atoms with Crippen molar-refractivity contribution in [2.24, 2.45) is 5.92 Å². The molecule has 226 valence electrons. The molecule has 0 unspecified atom stereocenters. The molecule has 3 atom stereocenters. The first kappa shape index (κ1) is 32.2. The molecule has 0 saturated carbocycles. The number of piperidine rings is 1. The van der Waals surface area contributed by atoms with Gasteiger partial charge in [-0.3, -0.25) is 4.79 Å². The Labute approximate surface area is 234 Å². The fourth-order valence-corrected chi connectivity index (χ4v) is 5.23. The minimum atomic E-state index is -5.02. The molecule has 12 heteroatoms. The van der Waals surface area contributed by atoms with Gasteiger partial charge in [0.1, 0.15) is 5.82 Å². The number of nitrogens with zero attached hydrogens (tertiary/aromatic N) is 3. The second-order valence-electron chi connectivity index (χ2n) is 10.9. The highest BCUT2D eigenvalue weighted by molar-refractivity contribution is 5.78. The lowest BCUT2D eigenvalue weighted by Gasteiger charge is -2.45. The van der Waals surface area contributed by atoms with Crippen LogP contribution in [0.2, 0.25) is 0 Å². The van der Waals surface area contributed by atoms with Gasteiger partial charge in [-0.2, -0.15) is 26.3 Å². The number of aryl methyl sites for hydroxylation is 1. The maximum Gasteiger partial charge on any atom is 0.416 e. The molecule has 2 aromatic carbocycles. The fraction of sp³-hybridized carbons (Fsp3) is 0.517. The number of likely N-dealkylation sites (tertiary alicyclic amines) is 1.